The van der Waals surface area contributed by atoms with Crippen LogP contribution in [0.1, 0.15) is 19.8 Å². The maximum atomic E-state index is 5.37. The normalized spacial score (nSPS) is 9.83. The van der Waals surface area contributed by atoms with Gasteiger partial charge in [0.25, 0.3) is 0 Å². The van der Waals surface area contributed by atoms with Crippen molar-refractivity contribution in [3.05, 3.63) is 12.3 Å². The van der Waals surface area contributed by atoms with Gasteiger partial charge in [-0.1, -0.05) is 13.5 Å². The Hall–Kier alpha value is -0.540. The lowest BCUT2D eigenvalue weighted by atomic mass is 10.2. The molecule has 0 aromatic rings. The van der Waals surface area contributed by atoms with Gasteiger partial charge in [-0.15, -0.1) is 0 Å². The zero-order valence-corrected chi connectivity index (χ0v) is 8.03. The maximum absolute atomic E-state index is 5.37. The summed E-state index contributed by atoms with van der Waals surface area (Å²) in [4.78, 5) is 0. The smallest absolute Gasteiger partial charge is 0.0269 e. The molecule has 0 aliphatic carbocycles. The molecule has 0 aromatic heterocycles. The van der Waals surface area contributed by atoms with Crippen LogP contribution in [-0.4, -0.2) is 26.2 Å². The predicted octanol–water partition coefficient (Wildman–Crippen LogP) is 0.438. The van der Waals surface area contributed by atoms with Crippen LogP contribution in [0.5, 0.6) is 0 Å². The molecule has 0 unspecified atom stereocenters. The lowest BCUT2D eigenvalue weighted by Gasteiger charge is -2.08. The summed E-state index contributed by atoms with van der Waals surface area (Å²) in [6.07, 6.45) is 2.01. The summed E-state index contributed by atoms with van der Waals surface area (Å²) in [7, 11) is 0. The summed E-state index contributed by atoms with van der Waals surface area (Å²) >= 11 is 0. The van der Waals surface area contributed by atoms with E-state index in [4.69, 9.17) is 5.73 Å². The van der Waals surface area contributed by atoms with Crippen LogP contribution in [0.2, 0.25) is 0 Å². The van der Waals surface area contributed by atoms with Gasteiger partial charge in [-0.2, -0.15) is 0 Å². The number of likely N-dealkylation sites (N-methyl/N-ethyl adjacent to an activating group) is 1. The van der Waals surface area contributed by atoms with Gasteiger partial charge in [0.05, 0.1) is 0 Å². The Balaban J connectivity index is 3.08. The first kappa shape index (κ1) is 11.5. The van der Waals surface area contributed by atoms with E-state index >= 15 is 0 Å². The molecule has 12 heavy (non-hydrogen) atoms. The third-order valence-electron chi connectivity index (χ3n) is 1.61. The van der Waals surface area contributed by atoms with Crippen molar-refractivity contribution in [2.24, 2.45) is 5.73 Å². The van der Waals surface area contributed by atoms with E-state index in [1.165, 1.54) is 0 Å². The summed E-state index contributed by atoms with van der Waals surface area (Å²) in [5.74, 6) is 0. The van der Waals surface area contributed by atoms with Gasteiger partial charge in [0, 0.05) is 18.8 Å². The molecule has 0 rings (SSSR count). The molecule has 72 valence electrons. The van der Waals surface area contributed by atoms with Crippen molar-refractivity contribution in [2.75, 3.05) is 26.2 Å². The number of hydrogen-bond acceptors (Lipinski definition) is 3. The van der Waals surface area contributed by atoms with E-state index in [0.29, 0.717) is 0 Å². The molecule has 0 bridgehead atoms. The van der Waals surface area contributed by atoms with Crippen LogP contribution in [0.4, 0.5) is 0 Å². The molecule has 3 heteroatoms. The molecule has 0 aliphatic heterocycles. The summed E-state index contributed by atoms with van der Waals surface area (Å²) in [6, 6.07) is 0. The first-order chi connectivity index (χ1) is 5.81. The van der Waals surface area contributed by atoms with Gasteiger partial charge in [-0.3, -0.25) is 0 Å². The van der Waals surface area contributed by atoms with E-state index in [9.17, 15) is 0 Å². The van der Waals surface area contributed by atoms with Crippen molar-refractivity contribution < 1.29 is 0 Å². The zero-order chi connectivity index (χ0) is 9.23. The molecule has 0 amide bonds. The first-order valence-electron chi connectivity index (χ1n) is 4.63. The number of rotatable bonds is 8. The third-order valence-corrected chi connectivity index (χ3v) is 1.61. The second kappa shape index (κ2) is 8.56. The summed E-state index contributed by atoms with van der Waals surface area (Å²) in [5.41, 5.74) is 6.47. The highest BCUT2D eigenvalue weighted by Gasteiger charge is 1.91. The van der Waals surface area contributed by atoms with Gasteiger partial charge >= 0.3 is 0 Å². The van der Waals surface area contributed by atoms with Crippen molar-refractivity contribution in [2.45, 2.75) is 19.8 Å². The van der Waals surface area contributed by atoms with E-state index in [2.05, 4.69) is 24.1 Å². The molecule has 0 fully saturated rings. The lowest BCUT2D eigenvalue weighted by Crippen LogP contribution is -2.26. The van der Waals surface area contributed by atoms with E-state index in [1.54, 1.807) is 0 Å². The number of nitrogens with two attached hydrogens (primary N) is 1. The van der Waals surface area contributed by atoms with Crippen LogP contribution in [0.15, 0.2) is 12.3 Å². The lowest BCUT2D eigenvalue weighted by molar-refractivity contribution is 0.651. The largest absolute Gasteiger partial charge is 0.388 e. The quantitative estimate of drug-likeness (QED) is 0.464. The molecule has 0 radical (unpaired) electrons. The van der Waals surface area contributed by atoms with Crippen molar-refractivity contribution in [3.8, 4) is 0 Å². The standard InChI is InChI=1S/C9H21N3/c1-3-11-7-8-12-9(2)5-4-6-10/h11-12H,2-8,10H2,1H3. The van der Waals surface area contributed by atoms with Crippen LogP contribution < -0.4 is 16.4 Å². The predicted molar refractivity (Wildman–Crippen MR) is 54.0 cm³/mol. The average Bonchev–Trinajstić information content (AvgIpc) is 2.09. The van der Waals surface area contributed by atoms with Gasteiger partial charge in [0.1, 0.15) is 0 Å². The van der Waals surface area contributed by atoms with E-state index in [-0.39, 0.29) is 0 Å². The zero-order valence-electron chi connectivity index (χ0n) is 8.03. The van der Waals surface area contributed by atoms with Crippen LogP contribution in [0.3, 0.4) is 0 Å². The number of allylic oxidation sites excluding steroid dienone is 1. The highest BCUT2D eigenvalue weighted by Crippen LogP contribution is 1.95. The van der Waals surface area contributed by atoms with Gasteiger partial charge < -0.3 is 16.4 Å². The molecule has 0 saturated carbocycles. The van der Waals surface area contributed by atoms with Crippen molar-refractivity contribution in [1.29, 1.82) is 0 Å². The van der Waals surface area contributed by atoms with Crippen LogP contribution in [0.25, 0.3) is 0 Å². The fourth-order valence-corrected chi connectivity index (χ4v) is 0.908. The van der Waals surface area contributed by atoms with Gasteiger partial charge in [0.15, 0.2) is 0 Å². The Morgan fingerprint density at radius 1 is 1.42 bits per heavy atom. The molecule has 0 heterocycles. The first-order valence-corrected chi connectivity index (χ1v) is 4.63. The van der Waals surface area contributed by atoms with Crippen molar-refractivity contribution in [3.63, 3.8) is 0 Å². The van der Waals surface area contributed by atoms with E-state index in [1.807, 2.05) is 0 Å². The fraction of sp³-hybridized carbons (Fsp3) is 0.778. The van der Waals surface area contributed by atoms with Crippen LogP contribution in [0, 0.1) is 0 Å². The fourth-order valence-electron chi connectivity index (χ4n) is 0.908. The Morgan fingerprint density at radius 3 is 2.75 bits per heavy atom. The van der Waals surface area contributed by atoms with Crippen LogP contribution >= 0.6 is 0 Å². The average molecular weight is 171 g/mol. The second-order valence-electron chi connectivity index (χ2n) is 2.78. The highest BCUT2D eigenvalue weighted by molar-refractivity contribution is 4.90. The second-order valence-corrected chi connectivity index (χ2v) is 2.78. The van der Waals surface area contributed by atoms with Crippen molar-refractivity contribution >= 4 is 0 Å². The summed E-state index contributed by atoms with van der Waals surface area (Å²) in [6.45, 7) is 9.72. The topological polar surface area (TPSA) is 50.1 Å². The monoisotopic (exact) mass is 171 g/mol. The molecule has 0 atom stereocenters. The molecule has 4 N–H and O–H groups in total. The molecule has 0 aromatic carbocycles. The highest BCUT2D eigenvalue weighted by atomic mass is 14.9. The summed E-state index contributed by atoms with van der Waals surface area (Å²) < 4.78 is 0. The minimum Gasteiger partial charge on any atom is -0.388 e. The molecular weight excluding hydrogens is 150 g/mol. The SMILES string of the molecule is C=C(CCCN)NCCNCC. The Kier molecular flexibility index (Phi) is 8.17. The maximum Gasteiger partial charge on any atom is 0.0269 e. The van der Waals surface area contributed by atoms with E-state index in [0.717, 1.165) is 44.7 Å². The van der Waals surface area contributed by atoms with Gasteiger partial charge in [-0.05, 0) is 25.9 Å². The van der Waals surface area contributed by atoms with Gasteiger partial charge in [-0.25, -0.2) is 0 Å². The van der Waals surface area contributed by atoms with E-state index < -0.39 is 0 Å². The Labute approximate surface area is 75.4 Å². The number of hydrogen-bond donors (Lipinski definition) is 3. The van der Waals surface area contributed by atoms with Crippen molar-refractivity contribution in [1.82, 2.24) is 10.6 Å². The van der Waals surface area contributed by atoms with Crippen LogP contribution in [-0.2, 0) is 0 Å². The molecule has 0 saturated heterocycles. The molecule has 3 nitrogen and oxygen atoms in total. The Morgan fingerprint density at radius 2 is 2.17 bits per heavy atom. The molecule has 0 aliphatic rings. The molecule has 0 spiro atoms. The number of nitrogens with one attached hydrogen (secondary N) is 2. The summed E-state index contributed by atoms with van der Waals surface area (Å²) in [5, 5.41) is 6.47. The van der Waals surface area contributed by atoms with Gasteiger partial charge in [0.2, 0.25) is 0 Å². The minimum atomic E-state index is 0.744. The minimum absolute atomic E-state index is 0.744. The third kappa shape index (κ3) is 7.57. The Bertz CT molecular complexity index is 112. The molecular formula is C9H21N3.